The van der Waals surface area contributed by atoms with Gasteiger partial charge in [-0.3, -0.25) is 4.79 Å². The number of aldehydes is 1. The van der Waals surface area contributed by atoms with E-state index < -0.39 is 0 Å². The van der Waals surface area contributed by atoms with Crippen LogP contribution in [0.5, 0.6) is 0 Å². The molecular weight excluding hydrogens is 224 g/mol. The number of Topliss-reactive ketones (excluding diaryl/α,β-unsaturated/α-hetero) is 1. The van der Waals surface area contributed by atoms with E-state index in [1.807, 2.05) is 49.4 Å². The summed E-state index contributed by atoms with van der Waals surface area (Å²) in [5.74, 6) is -0.122. The first-order valence-electron chi connectivity index (χ1n) is 6.22. The van der Waals surface area contributed by atoms with Crippen LogP contribution in [0.2, 0.25) is 0 Å². The molecule has 0 aliphatic rings. The molecule has 0 bridgehead atoms. The zero-order valence-corrected chi connectivity index (χ0v) is 10.4. The van der Waals surface area contributed by atoms with E-state index in [2.05, 4.69) is 0 Å². The van der Waals surface area contributed by atoms with Gasteiger partial charge in [-0.2, -0.15) is 0 Å². The molecule has 2 aromatic rings. The van der Waals surface area contributed by atoms with Crippen molar-refractivity contribution in [3.63, 3.8) is 0 Å². The van der Waals surface area contributed by atoms with Crippen LogP contribution in [-0.2, 0) is 4.79 Å². The lowest BCUT2D eigenvalue weighted by atomic mass is 9.96. The Bertz CT molecular complexity index is 572. The molecule has 0 spiro atoms. The van der Waals surface area contributed by atoms with Gasteiger partial charge in [-0.1, -0.05) is 43.3 Å². The highest BCUT2D eigenvalue weighted by atomic mass is 16.1. The number of ketones is 1. The summed E-state index contributed by atoms with van der Waals surface area (Å²) in [6, 6.07) is 13.6. The van der Waals surface area contributed by atoms with E-state index in [9.17, 15) is 9.59 Å². The summed E-state index contributed by atoms with van der Waals surface area (Å²) in [6.45, 7) is 1.92. The Morgan fingerprint density at radius 3 is 2.56 bits per heavy atom. The van der Waals surface area contributed by atoms with Gasteiger partial charge in [-0.25, -0.2) is 0 Å². The molecule has 0 heterocycles. The van der Waals surface area contributed by atoms with Crippen molar-refractivity contribution in [1.29, 1.82) is 0 Å². The maximum Gasteiger partial charge on any atom is 0.163 e. The highest BCUT2D eigenvalue weighted by Crippen LogP contribution is 2.18. The molecule has 0 N–H and O–H groups in total. The molecule has 1 atom stereocenters. The fourth-order valence-electron chi connectivity index (χ4n) is 2.01. The van der Waals surface area contributed by atoms with Crippen molar-refractivity contribution >= 4 is 22.8 Å². The monoisotopic (exact) mass is 240 g/mol. The first-order valence-corrected chi connectivity index (χ1v) is 6.22. The average molecular weight is 240 g/mol. The van der Waals surface area contributed by atoms with Gasteiger partial charge >= 0.3 is 0 Å². The number of carbonyl (C=O) groups excluding carboxylic acids is 2. The average Bonchev–Trinajstić information content (AvgIpc) is 2.44. The zero-order chi connectivity index (χ0) is 13.0. The van der Waals surface area contributed by atoms with Crippen LogP contribution in [-0.4, -0.2) is 12.1 Å². The number of benzene rings is 2. The smallest absolute Gasteiger partial charge is 0.163 e. The molecule has 92 valence electrons. The lowest BCUT2D eigenvalue weighted by molar-refractivity contribution is -0.111. The molecule has 0 aliphatic carbocycles. The van der Waals surface area contributed by atoms with Gasteiger partial charge in [0, 0.05) is 17.9 Å². The van der Waals surface area contributed by atoms with Crippen LogP contribution in [0.1, 0.15) is 30.1 Å². The summed E-state index contributed by atoms with van der Waals surface area (Å²) in [5.41, 5.74) is 0.689. The Kier molecular flexibility index (Phi) is 3.88. The zero-order valence-electron chi connectivity index (χ0n) is 10.4. The molecule has 18 heavy (non-hydrogen) atoms. The minimum absolute atomic E-state index is 0.0414. The third-order valence-corrected chi connectivity index (χ3v) is 3.24. The maximum atomic E-state index is 12.1. The molecule has 0 unspecified atom stereocenters. The predicted octanol–water partition coefficient (Wildman–Crippen LogP) is 3.64. The van der Waals surface area contributed by atoms with E-state index in [1.54, 1.807) is 0 Å². The van der Waals surface area contributed by atoms with Crippen molar-refractivity contribution in [3.8, 4) is 0 Å². The molecule has 0 saturated heterocycles. The maximum absolute atomic E-state index is 12.1. The van der Waals surface area contributed by atoms with E-state index >= 15 is 0 Å². The normalized spacial score (nSPS) is 12.3. The van der Waals surface area contributed by atoms with Gasteiger partial charge in [0.1, 0.15) is 6.29 Å². The van der Waals surface area contributed by atoms with Gasteiger partial charge < -0.3 is 4.79 Å². The van der Waals surface area contributed by atoms with Crippen LogP contribution in [0.4, 0.5) is 0 Å². The van der Waals surface area contributed by atoms with Crippen molar-refractivity contribution in [1.82, 2.24) is 0 Å². The minimum atomic E-state index is -0.163. The Labute approximate surface area is 107 Å². The topological polar surface area (TPSA) is 34.1 Å². The van der Waals surface area contributed by atoms with Crippen LogP contribution in [0.25, 0.3) is 10.8 Å². The second-order valence-corrected chi connectivity index (χ2v) is 4.49. The Balaban J connectivity index is 2.25. The van der Waals surface area contributed by atoms with Gasteiger partial charge in [0.15, 0.2) is 5.78 Å². The molecule has 0 saturated carbocycles. The molecule has 0 amide bonds. The Morgan fingerprint density at radius 1 is 1.17 bits per heavy atom. The van der Waals surface area contributed by atoms with E-state index in [4.69, 9.17) is 0 Å². The third-order valence-electron chi connectivity index (χ3n) is 3.24. The van der Waals surface area contributed by atoms with Crippen molar-refractivity contribution in [3.05, 3.63) is 48.0 Å². The lowest BCUT2D eigenvalue weighted by Gasteiger charge is -2.07. The van der Waals surface area contributed by atoms with Gasteiger partial charge in [-0.05, 0) is 23.3 Å². The number of hydrogen-bond acceptors (Lipinski definition) is 2. The molecule has 2 heteroatoms. The molecular formula is C16H16O2. The van der Waals surface area contributed by atoms with Crippen LogP contribution >= 0.6 is 0 Å². The summed E-state index contributed by atoms with van der Waals surface area (Å²) < 4.78 is 0. The summed E-state index contributed by atoms with van der Waals surface area (Å²) in [7, 11) is 0. The van der Waals surface area contributed by atoms with Crippen LogP contribution in [0.3, 0.4) is 0 Å². The Hall–Kier alpha value is -1.96. The molecule has 2 rings (SSSR count). The number of carbonyl (C=O) groups is 2. The van der Waals surface area contributed by atoms with Crippen LogP contribution in [0, 0.1) is 5.92 Å². The fraction of sp³-hybridized carbons (Fsp3) is 0.250. The fourth-order valence-corrected chi connectivity index (χ4v) is 2.01. The highest BCUT2D eigenvalue weighted by molar-refractivity contribution is 6.00. The van der Waals surface area contributed by atoms with Gasteiger partial charge in [0.2, 0.25) is 0 Å². The molecule has 0 radical (unpaired) electrons. The van der Waals surface area contributed by atoms with Gasteiger partial charge in [-0.15, -0.1) is 0 Å². The summed E-state index contributed by atoms with van der Waals surface area (Å²) >= 11 is 0. The first-order chi connectivity index (χ1) is 8.74. The number of fused-ring (bicyclic) bond motifs is 1. The van der Waals surface area contributed by atoms with Crippen LogP contribution in [0.15, 0.2) is 42.5 Å². The summed E-state index contributed by atoms with van der Waals surface area (Å²) in [4.78, 5) is 22.8. The lowest BCUT2D eigenvalue weighted by Crippen LogP contribution is -2.09. The largest absolute Gasteiger partial charge is 0.303 e. The first kappa shape index (κ1) is 12.5. The van der Waals surface area contributed by atoms with E-state index in [1.165, 1.54) is 0 Å². The molecule has 2 nitrogen and oxygen atoms in total. The summed E-state index contributed by atoms with van der Waals surface area (Å²) in [6.07, 6.45) is 1.89. The summed E-state index contributed by atoms with van der Waals surface area (Å²) in [5, 5.41) is 2.18. The molecule has 0 aliphatic heterocycles. The molecule has 0 aromatic heterocycles. The quantitative estimate of drug-likeness (QED) is 0.590. The highest BCUT2D eigenvalue weighted by Gasteiger charge is 2.13. The number of hydrogen-bond donors (Lipinski definition) is 0. The van der Waals surface area contributed by atoms with E-state index in [-0.39, 0.29) is 11.7 Å². The second-order valence-electron chi connectivity index (χ2n) is 4.49. The molecule has 0 fully saturated rings. The van der Waals surface area contributed by atoms with Crippen molar-refractivity contribution in [2.75, 3.05) is 0 Å². The Morgan fingerprint density at radius 2 is 1.89 bits per heavy atom. The third kappa shape index (κ3) is 2.65. The van der Waals surface area contributed by atoms with E-state index in [0.29, 0.717) is 18.4 Å². The van der Waals surface area contributed by atoms with Gasteiger partial charge in [0.05, 0.1) is 0 Å². The van der Waals surface area contributed by atoms with Crippen molar-refractivity contribution < 1.29 is 9.59 Å². The predicted molar refractivity (Wildman–Crippen MR) is 72.7 cm³/mol. The standard InChI is InChI=1S/C16H16O2/c1-2-12(11-17)9-16(18)15-8-7-13-5-3-4-6-14(13)10-15/h3-8,10-12H,2,9H2,1H3/t12-/m1/s1. The second kappa shape index (κ2) is 5.58. The van der Waals surface area contributed by atoms with Crippen molar-refractivity contribution in [2.45, 2.75) is 19.8 Å². The van der Waals surface area contributed by atoms with E-state index in [0.717, 1.165) is 17.1 Å². The minimum Gasteiger partial charge on any atom is -0.303 e. The number of rotatable bonds is 5. The van der Waals surface area contributed by atoms with Gasteiger partial charge in [0.25, 0.3) is 0 Å². The van der Waals surface area contributed by atoms with Crippen LogP contribution < -0.4 is 0 Å². The SMILES string of the molecule is CC[C@@H](C=O)CC(=O)c1ccc2ccccc2c1. The molecule has 2 aromatic carbocycles. The van der Waals surface area contributed by atoms with Crippen molar-refractivity contribution in [2.24, 2.45) is 5.92 Å².